The number of nitrogens with one attached hydrogen (secondary N) is 1. The van der Waals surface area contributed by atoms with Crippen molar-refractivity contribution in [2.75, 3.05) is 19.9 Å². The van der Waals surface area contributed by atoms with Crippen LogP contribution >= 0.6 is 0 Å². The molecule has 148 valence electrons. The topological polar surface area (TPSA) is 97.3 Å². The van der Waals surface area contributed by atoms with Crippen LogP contribution in [0.15, 0.2) is 52.5 Å². The van der Waals surface area contributed by atoms with Gasteiger partial charge in [-0.05, 0) is 42.0 Å². The van der Waals surface area contributed by atoms with Gasteiger partial charge in [-0.3, -0.25) is 4.79 Å². The minimum absolute atomic E-state index is 0.0728. The van der Waals surface area contributed by atoms with Crippen molar-refractivity contribution in [2.24, 2.45) is 5.10 Å². The van der Waals surface area contributed by atoms with Gasteiger partial charge in [0.1, 0.15) is 0 Å². The summed E-state index contributed by atoms with van der Waals surface area (Å²) in [6, 6.07) is 11.2. The molecule has 1 heterocycles. The predicted molar refractivity (Wildman–Crippen MR) is 104 cm³/mol. The molecule has 8 nitrogen and oxygen atoms in total. The Kier molecular flexibility index (Phi) is 5.96. The molecule has 1 aliphatic rings. The van der Waals surface area contributed by atoms with Gasteiger partial charge in [-0.2, -0.15) is 9.41 Å². The van der Waals surface area contributed by atoms with E-state index in [1.807, 2.05) is 0 Å². The van der Waals surface area contributed by atoms with Crippen molar-refractivity contribution in [1.82, 2.24) is 9.73 Å². The Labute approximate surface area is 163 Å². The van der Waals surface area contributed by atoms with Gasteiger partial charge in [0, 0.05) is 18.7 Å². The Morgan fingerprint density at radius 1 is 1.14 bits per heavy atom. The number of hydrogen-bond donors (Lipinski definition) is 1. The molecule has 0 aromatic heterocycles. The number of rotatable bonds is 7. The Bertz CT molecular complexity index is 1000. The summed E-state index contributed by atoms with van der Waals surface area (Å²) in [6.07, 6.45) is 1.47. The van der Waals surface area contributed by atoms with Gasteiger partial charge in [-0.1, -0.05) is 19.9 Å². The third-order valence-electron chi connectivity index (χ3n) is 4.22. The molecule has 0 radical (unpaired) electrons. The minimum Gasteiger partial charge on any atom is -0.454 e. The van der Waals surface area contributed by atoms with Gasteiger partial charge in [0.2, 0.25) is 16.8 Å². The Morgan fingerprint density at radius 3 is 2.64 bits per heavy atom. The third kappa shape index (κ3) is 4.15. The summed E-state index contributed by atoms with van der Waals surface area (Å²) in [4.78, 5) is 12.4. The number of fused-ring (bicyclic) bond motifs is 1. The second-order valence-electron chi connectivity index (χ2n) is 5.93. The molecule has 1 aliphatic heterocycles. The zero-order chi connectivity index (χ0) is 20.1. The molecule has 0 aliphatic carbocycles. The summed E-state index contributed by atoms with van der Waals surface area (Å²) in [6.45, 7) is 4.43. The standard InChI is InChI=1S/C19H21N3O5S/c1-3-22(4-2)28(24,25)16-7-5-6-15(11-16)19(23)21-20-12-14-8-9-17-18(10-14)27-13-26-17/h5-12H,3-4,13H2,1-2H3,(H,21,23)/b20-12-. The lowest BCUT2D eigenvalue weighted by Gasteiger charge is -2.18. The van der Waals surface area contributed by atoms with Gasteiger partial charge in [0.25, 0.3) is 5.91 Å². The molecule has 1 N–H and O–H groups in total. The average Bonchev–Trinajstić information content (AvgIpc) is 3.16. The number of benzene rings is 2. The Hall–Kier alpha value is -2.91. The van der Waals surface area contributed by atoms with E-state index >= 15 is 0 Å². The van der Waals surface area contributed by atoms with E-state index in [1.54, 1.807) is 32.0 Å². The quantitative estimate of drug-likeness (QED) is 0.565. The molecule has 28 heavy (non-hydrogen) atoms. The summed E-state index contributed by atoms with van der Waals surface area (Å²) in [5, 5.41) is 3.92. The lowest BCUT2D eigenvalue weighted by atomic mass is 10.2. The van der Waals surface area contributed by atoms with E-state index in [-0.39, 0.29) is 17.3 Å². The largest absolute Gasteiger partial charge is 0.454 e. The molecule has 9 heteroatoms. The van der Waals surface area contributed by atoms with Crippen molar-refractivity contribution in [2.45, 2.75) is 18.7 Å². The maximum absolute atomic E-state index is 12.6. The third-order valence-corrected chi connectivity index (χ3v) is 6.26. The molecule has 0 saturated heterocycles. The highest BCUT2D eigenvalue weighted by atomic mass is 32.2. The maximum atomic E-state index is 12.6. The maximum Gasteiger partial charge on any atom is 0.271 e. The van der Waals surface area contributed by atoms with E-state index in [1.165, 1.54) is 34.8 Å². The number of ether oxygens (including phenoxy) is 2. The number of sulfonamides is 1. The fraction of sp³-hybridized carbons (Fsp3) is 0.263. The molecule has 2 aromatic rings. The first-order valence-corrected chi connectivity index (χ1v) is 10.2. The summed E-state index contributed by atoms with van der Waals surface area (Å²) < 4.78 is 37.1. The fourth-order valence-electron chi connectivity index (χ4n) is 2.73. The van der Waals surface area contributed by atoms with Crippen molar-refractivity contribution in [3.63, 3.8) is 0 Å². The highest BCUT2D eigenvalue weighted by Crippen LogP contribution is 2.31. The number of nitrogens with zero attached hydrogens (tertiary/aromatic N) is 2. The monoisotopic (exact) mass is 403 g/mol. The Morgan fingerprint density at radius 2 is 1.89 bits per heavy atom. The van der Waals surface area contributed by atoms with Crippen molar-refractivity contribution in [3.8, 4) is 11.5 Å². The first-order chi connectivity index (χ1) is 13.5. The highest BCUT2D eigenvalue weighted by Gasteiger charge is 2.22. The second kappa shape index (κ2) is 8.41. The summed E-state index contributed by atoms with van der Waals surface area (Å²) in [7, 11) is -3.64. The van der Waals surface area contributed by atoms with Crippen molar-refractivity contribution in [3.05, 3.63) is 53.6 Å². The molecule has 0 bridgehead atoms. The first-order valence-electron chi connectivity index (χ1n) is 8.79. The van der Waals surface area contributed by atoms with Crippen LogP contribution < -0.4 is 14.9 Å². The second-order valence-corrected chi connectivity index (χ2v) is 7.87. The molecular weight excluding hydrogens is 382 g/mol. The van der Waals surface area contributed by atoms with E-state index in [0.29, 0.717) is 24.6 Å². The SMILES string of the molecule is CCN(CC)S(=O)(=O)c1cccc(C(=O)N/N=C\c2ccc3c(c2)OCO3)c1. The Balaban J connectivity index is 1.71. The number of hydrogen-bond acceptors (Lipinski definition) is 6. The molecule has 1 amide bonds. The van der Waals surface area contributed by atoms with E-state index in [0.717, 1.165) is 5.56 Å². The lowest BCUT2D eigenvalue weighted by molar-refractivity contribution is 0.0955. The van der Waals surface area contributed by atoms with E-state index in [9.17, 15) is 13.2 Å². The zero-order valence-electron chi connectivity index (χ0n) is 15.6. The van der Waals surface area contributed by atoms with Crippen molar-refractivity contribution < 1.29 is 22.7 Å². The smallest absolute Gasteiger partial charge is 0.271 e. The van der Waals surface area contributed by atoms with Crippen LogP contribution in [0, 0.1) is 0 Å². The molecule has 0 atom stereocenters. The predicted octanol–water partition coefficient (Wildman–Crippen LogP) is 2.21. The molecule has 0 fully saturated rings. The van der Waals surface area contributed by atoms with Crippen LogP contribution in [0.5, 0.6) is 11.5 Å². The summed E-state index contributed by atoms with van der Waals surface area (Å²) in [5.74, 6) is 0.769. The minimum atomic E-state index is -3.64. The molecular formula is C19H21N3O5S. The molecule has 2 aromatic carbocycles. The van der Waals surface area contributed by atoms with Crippen LogP contribution in [0.25, 0.3) is 0 Å². The number of carbonyl (C=O) groups is 1. The van der Waals surface area contributed by atoms with Crippen molar-refractivity contribution >= 4 is 22.1 Å². The van der Waals surface area contributed by atoms with E-state index < -0.39 is 15.9 Å². The van der Waals surface area contributed by atoms with E-state index in [2.05, 4.69) is 10.5 Å². The van der Waals surface area contributed by atoms with Gasteiger partial charge in [0.15, 0.2) is 11.5 Å². The molecule has 0 saturated carbocycles. The summed E-state index contributed by atoms with van der Waals surface area (Å²) >= 11 is 0. The van der Waals surface area contributed by atoms with E-state index in [4.69, 9.17) is 9.47 Å². The summed E-state index contributed by atoms with van der Waals surface area (Å²) in [5.41, 5.74) is 3.33. The van der Waals surface area contributed by atoms with Crippen LogP contribution in [0.2, 0.25) is 0 Å². The van der Waals surface area contributed by atoms with Crippen LogP contribution in [0.3, 0.4) is 0 Å². The van der Waals surface area contributed by atoms with Crippen molar-refractivity contribution in [1.29, 1.82) is 0 Å². The van der Waals surface area contributed by atoms with Gasteiger partial charge in [0.05, 0.1) is 11.1 Å². The van der Waals surface area contributed by atoms with Crippen LogP contribution in [0.4, 0.5) is 0 Å². The number of amides is 1. The van der Waals surface area contributed by atoms with Gasteiger partial charge in [-0.25, -0.2) is 13.8 Å². The van der Waals surface area contributed by atoms with Gasteiger partial charge < -0.3 is 9.47 Å². The van der Waals surface area contributed by atoms with Crippen LogP contribution in [-0.4, -0.2) is 44.7 Å². The lowest BCUT2D eigenvalue weighted by Crippen LogP contribution is -2.30. The van der Waals surface area contributed by atoms with Gasteiger partial charge >= 0.3 is 0 Å². The molecule has 0 spiro atoms. The normalized spacial score (nSPS) is 13.2. The number of hydrazone groups is 1. The molecule has 0 unspecified atom stereocenters. The molecule has 3 rings (SSSR count). The van der Waals surface area contributed by atoms with Gasteiger partial charge in [-0.15, -0.1) is 0 Å². The van der Waals surface area contributed by atoms with Crippen LogP contribution in [-0.2, 0) is 10.0 Å². The zero-order valence-corrected chi connectivity index (χ0v) is 16.4. The number of carbonyl (C=O) groups excluding carboxylic acids is 1. The average molecular weight is 403 g/mol. The first kappa shape index (κ1) is 19.8. The van der Waals surface area contributed by atoms with Crippen LogP contribution in [0.1, 0.15) is 29.8 Å². The highest BCUT2D eigenvalue weighted by molar-refractivity contribution is 7.89. The fourth-order valence-corrected chi connectivity index (χ4v) is 4.24.